The van der Waals surface area contributed by atoms with Gasteiger partial charge in [0.2, 0.25) is 5.91 Å². The van der Waals surface area contributed by atoms with Crippen molar-refractivity contribution in [1.82, 2.24) is 10.2 Å². The van der Waals surface area contributed by atoms with Gasteiger partial charge in [-0.3, -0.25) is 9.69 Å². The van der Waals surface area contributed by atoms with Gasteiger partial charge in [-0.2, -0.15) is 0 Å². The van der Waals surface area contributed by atoms with E-state index in [9.17, 15) is 4.79 Å². The zero-order chi connectivity index (χ0) is 17.7. The number of hydrogen-bond acceptors (Lipinski definition) is 4. The predicted molar refractivity (Wildman–Crippen MR) is 107 cm³/mol. The number of aryl methyl sites for hydroxylation is 1. The van der Waals surface area contributed by atoms with E-state index >= 15 is 0 Å². The van der Waals surface area contributed by atoms with Crippen LogP contribution in [0.2, 0.25) is 0 Å². The summed E-state index contributed by atoms with van der Waals surface area (Å²) in [6.07, 6.45) is 6.05. The second kappa shape index (κ2) is 9.70. The third kappa shape index (κ3) is 4.97. The Kier molecular flexibility index (Phi) is 7.89. The molecule has 1 atom stereocenters. The van der Waals surface area contributed by atoms with E-state index in [-0.39, 0.29) is 23.9 Å². The Bertz CT molecular complexity index is 567. The Labute approximate surface area is 163 Å². The Balaban J connectivity index is 0.00000243. The van der Waals surface area contributed by atoms with Crippen LogP contribution < -0.4 is 11.1 Å². The lowest BCUT2D eigenvalue weighted by Gasteiger charge is -2.48. The van der Waals surface area contributed by atoms with E-state index in [2.05, 4.69) is 10.2 Å². The van der Waals surface area contributed by atoms with Crippen LogP contribution in [0.25, 0.3) is 0 Å². The molecule has 5 nitrogen and oxygen atoms in total. The lowest BCUT2D eigenvalue weighted by molar-refractivity contribution is -0.123. The van der Waals surface area contributed by atoms with Crippen molar-refractivity contribution >= 4 is 18.3 Å². The Morgan fingerprint density at radius 2 is 1.81 bits per heavy atom. The van der Waals surface area contributed by atoms with Crippen LogP contribution in [-0.4, -0.2) is 49.2 Å². The van der Waals surface area contributed by atoms with Crippen molar-refractivity contribution in [1.29, 1.82) is 0 Å². The number of halogens is 1. The summed E-state index contributed by atoms with van der Waals surface area (Å²) < 4.78 is 5.52. The Morgan fingerprint density at radius 1 is 1.19 bits per heavy atom. The molecule has 1 aliphatic heterocycles. The molecule has 0 bridgehead atoms. The molecular weight excluding hydrogens is 350 g/mol. The normalized spacial score (nSPS) is 21.5. The van der Waals surface area contributed by atoms with Gasteiger partial charge in [0, 0.05) is 25.2 Å². The summed E-state index contributed by atoms with van der Waals surface area (Å²) >= 11 is 0. The number of carbonyl (C=O) groups excluding carboxylic acids is 1. The lowest BCUT2D eigenvalue weighted by atomic mass is 9.79. The van der Waals surface area contributed by atoms with Crippen molar-refractivity contribution in [2.45, 2.75) is 50.6 Å². The molecule has 1 heterocycles. The van der Waals surface area contributed by atoms with E-state index < -0.39 is 6.04 Å². The monoisotopic (exact) mass is 381 g/mol. The van der Waals surface area contributed by atoms with Crippen LogP contribution >= 0.6 is 12.4 Å². The lowest BCUT2D eigenvalue weighted by Crippen LogP contribution is -2.60. The van der Waals surface area contributed by atoms with Crippen molar-refractivity contribution < 1.29 is 9.53 Å². The average molecular weight is 382 g/mol. The highest BCUT2D eigenvalue weighted by molar-refractivity contribution is 5.85. The van der Waals surface area contributed by atoms with Gasteiger partial charge in [-0.25, -0.2) is 0 Å². The van der Waals surface area contributed by atoms with Crippen LogP contribution in [0.1, 0.15) is 49.3 Å². The summed E-state index contributed by atoms with van der Waals surface area (Å²) in [6, 6.07) is 7.28. The highest BCUT2D eigenvalue weighted by Crippen LogP contribution is 2.34. The van der Waals surface area contributed by atoms with Crippen LogP contribution in [0.3, 0.4) is 0 Å². The molecule has 1 unspecified atom stereocenters. The highest BCUT2D eigenvalue weighted by atomic mass is 35.5. The molecule has 2 aliphatic rings. The van der Waals surface area contributed by atoms with Crippen molar-refractivity contribution in [3.8, 4) is 0 Å². The standard InChI is InChI=1S/C20H31N3O2.ClH/c1-16-5-7-17(8-6-16)18(21)19(24)22-15-20(9-3-2-4-10-20)23-11-13-25-14-12-23;/h5-8,18H,2-4,9-15,21H2,1H3,(H,22,24);1H. The first-order chi connectivity index (χ1) is 12.1. The summed E-state index contributed by atoms with van der Waals surface area (Å²) in [5.74, 6) is -0.0814. The van der Waals surface area contributed by atoms with Gasteiger partial charge in [-0.05, 0) is 25.3 Å². The molecule has 146 valence electrons. The van der Waals surface area contributed by atoms with Crippen LogP contribution in [0.15, 0.2) is 24.3 Å². The Hall–Kier alpha value is -1.14. The second-order valence-corrected chi connectivity index (χ2v) is 7.49. The maximum atomic E-state index is 12.6. The maximum Gasteiger partial charge on any atom is 0.241 e. The van der Waals surface area contributed by atoms with Crippen molar-refractivity contribution in [3.63, 3.8) is 0 Å². The maximum absolute atomic E-state index is 12.6. The molecular formula is C20H32ClN3O2. The quantitative estimate of drug-likeness (QED) is 0.822. The molecule has 3 N–H and O–H groups in total. The van der Waals surface area contributed by atoms with Gasteiger partial charge in [-0.1, -0.05) is 49.1 Å². The number of hydrogen-bond donors (Lipinski definition) is 2. The molecule has 1 amide bonds. The zero-order valence-corrected chi connectivity index (χ0v) is 16.5. The minimum absolute atomic E-state index is 0. The van der Waals surface area contributed by atoms with Gasteiger partial charge in [0.25, 0.3) is 0 Å². The first-order valence-corrected chi connectivity index (χ1v) is 9.53. The molecule has 0 aromatic heterocycles. The molecule has 1 saturated heterocycles. The first-order valence-electron chi connectivity index (χ1n) is 9.53. The van der Waals surface area contributed by atoms with Gasteiger partial charge >= 0.3 is 0 Å². The zero-order valence-electron chi connectivity index (χ0n) is 15.7. The molecule has 0 radical (unpaired) electrons. The third-order valence-corrected chi connectivity index (χ3v) is 5.78. The van der Waals surface area contributed by atoms with Crippen LogP contribution in [-0.2, 0) is 9.53 Å². The summed E-state index contributed by atoms with van der Waals surface area (Å²) in [4.78, 5) is 15.2. The summed E-state index contributed by atoms with van der Waals surface area (Å²) in [5, 5.41) is 3.16. The molecule has 1 saturated carbocycles. The Morgan fingerprint density at radius 3 is 2.42 bits per heavy atom. The fraction of sp³-hybridized carbons (Fsp3) is 0.650. The van der Waals surface area contributed by atoms with E-state index in [1.165, 1.54) is 24.8 Å². The number of nitrogens with two attached hydrogens (primary N) is 1. The number of morpholine rings is 1. The molecule has 1 aromatic rings. The minimum Gasteiger partial charge on any atom is -0.379 e. The molecule has 0 spiro atoms. The molecule has 3 rings (SSSR count). The average Bonchev–Trinajstić information content (AvgIpc) is 2.67. The molecule has 6 heteroatoms. The van der Waals surface area contributed by atoms with Crippen molar-refractivity contribution in [2.75, 3.05) is 32.8 Å². The molecule has 26 heavy (non-hydrogen) atoms. The number of amides is 1. The minimum atomic E-state index is -0.606. The van der Waals surface area contributed by atoms with Gasteiger partial charge in [0.1, 0.15) is 6.04 Å². The van der Waals surface area contributed by atoms with Gasteiger partial charge in [0.05, 0.1) is 13.2 Å². The molecule has 1 aromatic carbocycles. The fourth-order valence-electron chi connectivity index (χ4n) is 4.14. The predicted octanol–water partition coefficient (Wildman–Crippen LogP) is 2.57. The number of benzene rings is 1. The summed E-state index contributed by atoms with van der Waals surface area (Å²) in [6.45, 7) is 6.22. The van der Waals surface area contributed by atoms with Gasteiger partial charge < -0.3 is 15.8 Å². The largest absolute Gasteiger partial charge is 0.379 e. The second-order valence-electron chi connectivity index (χ2n) is 7.49. The first kappa shape index (κ1) is 21.2. The number of carbonyl (C=O) groups is 1. The van der Waals surface area contributed by atoms with E-state index in [4.69, 9.17) is 10.5 Å². The smallest absolute Gasteiger partial charge is 0.241 e. The van der Waals surface area contributed by atoms with E-state index in [1.54, 1.807) is 0 Å². The number of nitrogens with zero attached hydrogens (tertiary/aromatic N) is 1. The number of nitrogens with one attached hydrogen (secondary N) is 1. The van der Waals surface area contributed by atoms with Crippen LogP contribution in [0, 0.1) is 6.92 Å². The summed E-state index contributed by atoms with van der Waals surface area (Å²) in [5.41, 5.74) is 8.29. The SMILES string of the molecule is Cc1ccc(C(N)C(=O)NCC2(N3CCOCC3)CCCCC2)cc1.Cl. The van der Waals surface area contributed by atoms with Crippen LogP contribution in [0.5, 0.6) is 0 Å². The van der Waals surface area contributed by atoms with E-state index in [0.29, 0.717) is 6.54 Å². The number of rotatable bonds is 5. The topological polar surface area (TPSA) is 67.6 Å². The highest BCUT2D eigenvalue weighted by Gasteiger charge is 2.39. The van der Waals surface area contributed by atoms with Crippen LogP contribution in [0.4, 0.5) is 0 Å². The number of ether oxygens (including phenoxy) is 1. The molecule has 1 aliphatic carbocycles. The van der Waals surface area contributed by atoms with E-state index in [0.717, 1.165) is 44.7 Å². The molecule has 2 fully saturated rings. The van der Waals surface area contributed by atoms with Gasteiger partial charge in [-0.15, -0.1) is 12.4 Å². The van der Waals surface area contributed by atoms with Gasteiger partial charge in [0.15, 0.2) is 0 Å². The third-order valence-electron chi connectivity index (χ3n) is 5.78. The van der Waals surface area contributed by atoms with Crippen molar-refractivity contribution in [3.05, 3.63) is 35.4 Å². The van der Waals surface area contributed by atoms with E-state index in [1.807, 2.05) is 31.2 Å². The summed E-state index contributed by atoms with van der Waals surface area (Å²) in [7, 11) is 0. The fourth-order valence-corrected chi connectivity index (χ4v) is 4.14. The van der Waals surface area contributed by atoms with Crippen molar-refractivity contribution in [2.24, 2.45) is 5.73 Å².